The molecule has 0 aliphatic heterocycles. The number of pyridine rings is 1. The van der Waals surface area contributed by atoms with Crippen LogP contribution in [0.3, 0.4) is 0 Å². The van der Waals surface area contributed by atoms with Crippen molar-refractivity contribution >= 4 is 22.3 Å². The van der Waals surface area contributed by atoms with Crippen LogP contribution < -0.4 is 5.32 Å². The molecule has 0 spiro atoms. The third-order valence-electron chi connectivity index (χ3n) is 3.70. The van der Waals surface area contributed by atoms with Crippen molar-refractivity contribution in [1.82, 2.24) is 4.98 Å². The number of aliphatic hydroxyl groups is 1. The van der Waals surface area contributed by atoms with Gasteiger partial charge in [-0.15, -0.1) is 0 Å². The summed E-state index contributed by atoms with van der Waals surface area (Å²) in [5.74, 6) is 0. The lowest BCUT2D eigenvalue weighted by molar-refractivity contribution is -0.384. The first-order valence-corrected chi connectivity index (χ1v) is 7.35. The Morgan fingerprint density at radius 3 is 2.68 bits per heavy atom. The summed E-state index contributed by atoms with van der Waals surface area (Å²) < 4.78 is 0. The average Bonchev–Trinajstić information content (AvgIpc) is 2.45. The SMILES string of the molecule is CCC[C@@H](Nc1c([N+](=O)[O-])cnc2ccccc12)C(C)(C)O. The van der Waals surface area contributed by atoms with Gasteiger partial charge in [-0.05, 0) is 26.3 Å². The van der Waals surface area contributed by atoms with E-state index in [-0.39, 0.29) is 11.7 Å². The Kier molecular flexibility index (Phi) is 4.61. The Morgan fingerprint density at radius 1 is 1.41 bits per heavy atom. The lowest BCUT2D eigenvalue weighted by atomic mass is 9.94. The summed E-state index contributed by atoms with van der Waals surface area (Å²) >= 11 is 0. The largest absolute Gasteiger partial charge is 0.388 e. The van der Waals surface area contributed by atoms with Crippen LogP contribution in [0.4, 0.5) is 11.4 Å². The zero-order chi connectivity index (χ0) is 16.3. The Morgan fingerprint density at radius 2 is 2.09 bits per heavy atom. The summed E-state index contributed by atoms with van der Waals surface area (Å²) in [5, 5.41) is 25.5. The van der Waals surface area contributed by atoms with Gasteiger partial charge in [0.25, 0.3) is 0 Å². The van der Waals surface area contributed by atoms with Gasteiger partial charge >= 0.3 is 5.69 Å². The van der Waals surface area contributed by atoms with Crippen molar-refractivity contribution < 1.29 is 10.0 Å². The molecule has 1 aromatic heterocycles. The molecular weight excluding hydrogens is 282 g/mol. The summed E-state index contributed by atoms with van der Waals surface area (Å²) in [5.41, 5.74) is 0.0238. The van der Waals surface area contributed by atoms with Crippen molar-refractivity contribution in [2.45, 2.75) is 45.3 Å². The van der Waals surface area contributed by atoms with Gasteiger partial charge in [-0.3, -0.25) is 10.1 Å². The number of nitro groups is 1. The van der Waals surface area contributed by atoms with E-state index in [1.807, 2.05) is 25.1 Å². The number of hydrogen-bond donors (Lipinski definition) is 2. The second kappa shape index (κ2) is 6.27. The van der Waals surface area contributed by atoms with Crippen LogP contribution in [0, 0.1) is 10.1 Å². The van der Waals surface area contributed by atoms with Gasteiger partial charge in [-0.25, -0.2) is 4.98 Å². The van der Waals surface area contributed by atoms with Crippen LogP contribution in [0.2, 0.25) is 0 Å². The molecule has 0 bridgehead atoms. The molecule has 1 atom stereocenters. The summed E-state index contributed by atoms with van der Waals surface area (Å²) in [6.07, 6.45) is 2.83. The molecule has 0 saturated carbocycles. The molecule has 2 rings (SSSR count). The Balaban J connectivity index is 2.56. The molecule has 0 unspecified atom stereocenters. The molecule has 2 N–H and O–H groups in total. The number of aromatic nitrogens is 1. The topological polar surface area (TPSA) is 88.3 Å². The van der Waals surface area contributed by atoms with Gasteiger partial charge in [0.1, 0.15) is 11.9 Å². The van der Waals surface area contributed by atoms with Crippen molar-refractivity contribution in [1.29, 1.82) is 0 Å². The standard InChI is InChI=1S/C16H21N3O3/c1-4-7-14(16(2,3)20)18-15-11-8-5-6-9-12(11)17-10-13(15)19(21)22/h5-6,8-10,14,20H,4,7H2,1-3H3,(H,17,18)/t14-/m1/s1. The molecule has 0 aliphatic rings. The smallest absolute Gasteiger partial charge is 0.311 e. The number of fused-ring (bicyclic) bond motifs is 1. The minimum Gasteiger partial charge on any atom is -0.388 e. The van der Waals surface area contributed by atoms with E-state index in [2.05, 4.69) is 10.3 Å². The number of para-hydroxylation sites is 1. The molecule has 0 fully saturated rings. The predicted octanol–water partition coefficient (Wildman–Crippen LogP) is 3.49. The highest BCUT2D eigenvalue weighted by Crippen LogP contribution is 2.33. The van der Waals surface area contributed by atoms with Crippen LogP contribution in [0.5, 0.6) is 0 Å². The van der Waals surface area contributed by atoms with Crippen molar-refractivity contribution in [2.75, 3.05) is 5.32 Å². The summed E-state index contributed by atoms with van der Waals surface area (Å²) in [4.78, 5) is 15.0. The second-order valence-corrected chi connectivity index (χ2v) is 5.93. The fraction of sp³-hybridized carbons (Fsp3) is 0.438. The van der Waals surface area contributed by atoms with Gasteiger partial charge in [0.15, 0.2) is 0 Å². The second-order valence-electron chi connectivity index (χ2n) is 5.93. The summed E-state index contributed by atoms with van der Waals surface area (Å²) in [7, 11) is 0. The molecule has 0 amide bonds. The normalized spacial score (nSPS) is 13.1. The van der Waals surface area contributed by atoms with Crippen molar-refractivity contribution in [3.05, 3.63) is 40.6 Å². The predicted molar refractivity (Wildman–Crippen MR) is 87.0 cm³/mol. The van der Waals surface area contributed by atoms with E-state index in [9.17, 15) is 15.2 Å². The molecule has 22 heavy (non-hydrogen) atoms. The van der Waals surface area contributed by atoms with Crippen molar-refractivity contribution in [3.63, 3.8) is 0 Å². The molecule has 1 heterocycles. The molecule has 6 heteroatoms. The van der Waals surface area contributed by atoms with Crippen LogP contribution >= 0.6 is 0 Å². The van der Waals surface area contributed by atoms with Crippen LogP contribution in [-0.2, 0) is 0 Å². The number of nitrogens with one attached hydrogen (secondary N) is 1. The Labute approximate surface area is 129 Å². The molecule has 0 aliphatic carbocycles. The number of hydrogen-bond acceptors (Lipinski definition) is 5. The van der Waals surface area contributed by atoms with E-state index in [1.54, 1.807) is 19.9 Å². The molecule has 6 nitrogen and oxygen atoms in total. The summed E-state index contributed by atoms with van der Waals surface area (Å²) in [6, 6.07) is 6.97. The zero-order valence-corrected chi connectivity index (χ0v) is 13.0. The molecule has 2 aromatic rings. The van der Waals surface area contributed by atoms with Crippen LogP contribution in [0.1, 0.15) is 33.6 Å². The minimum atomic E-state index is -0.992. The van der Waals surface area contributed by atoms with Gasteiger partial charge in [-0.2, -0.15) is 0 Å². The van der Waals surface area contributed by atoms with Gasteiger partial charge in [-0.1, -0.05) is 31.5 Å². The van der Waals surface area contributed by atoms with E-state index < -0.39 is 10.5 Å². The zero-order valence-electron chi connectivity index (χ0n) is 13.0. The molecule has 0 radical (unpaired) electrons. The molecule has 0 saturated heterocycles. The van der Waals surface area contributed by atoms with E-state index in [1.165, 1.54) is 6.20 Å². The fourth-order valence-corrected chi connectivity index (χ4v) is 2.49. The molecule has 118 valence electrons. The first-order chi connectivity index (χ1) is 10.3. The van der Waals surface area contributed by atoms with Crippen LogP contribution in [-0.4, -0.2) is 26.7 Å². The van der Waals surface area contributed by atoms with Crippen LogP contribution in [0.25, 0.3) is 10.9 Å². The van der Waals surface area contributed by atoms with E-state index in [0.717, 1.165) is 6.42 Å². The fourth-order valence-electron chi connectivity index (χ4n) is 2.49. The average molecular weight is 303 g/mol. The number of nitrogens with zero attached hydrogens (tertiary/aromatic N) is 2. The molecular formula is C16H21N3O3. The highest BCUT2D eigenvalue weighted by Gasteiger charge is 2.29. The maximum absolute atomic E-state index is 11.3. The van der Waals surface area contributed by atoms with Gasteiger partial charge in [0.2, 0.25) is 0 Å². The highest BCUT2D eigenvalue weighted by atomic mass is 16.6. The maximum Gasteiger partial charge on any atom is 0.311 e. The third-order valence-corrected chi connectivity index (χ3v) is 3.70. The van der Waals surface area contributed by atoms with Crippen molar-refractivity contribution in [3.8, 4) is 0 Å². The number of benzene rings is 1. The summed E-state index contributed by atoms with van der Waals surface area (Å²) in [6.45, 7) is 5.42. The highest BCUT2D eigenvalue weighted by molar-refractivity contribution is 5.95. The van der Waals surface area contributed by atoms with Crippen molar-refractivity contribution in [2.24, 2.45) is 0 Å². The molecule has 1 aromatic carbocycles. The van der Waals surface area contributed by atoms with Gasteiger partial charge < -0.3 is 10.4 Å². The van der Waals surface area contributed by atoms with Gasteiger partial charge in [0, 0.05) is 5.39 Å². The first kappa shape index (κ1) is 16.2. The lowest BCUT2D eigenvalue weighted by Gasteiger charge is -2.31. The van der Waals surface area contributed by atoms with E-state index in [4.69, 9.17) is 0 Å². The third kappa shape index (κ3) is 3.33. The van der Waals surface area contributed by atoms with Crippen LogP contribution in [0.15, 0.2) is 30.5 Å². The van der Waals surface area contributed by atoms with Gasteiger partial charge in [0.05, 0.1) is 22.1 Å². The minimum absolute atomic E-state index is 0.0796. The van der Waals surface area contributed by atoms with E-state index in [0.29, 0.717) is 23.0 Å². The van der Waals surface area contributed by atoms with E-state index >= 15 is 0 Å². The lowest BCUT2D eigenvalue weighted by Crippen LogP contribution is -2.42. The number of rotatable bonds is 6. The quantitative estimate of drug-likeness (QED) is 0.630. The Hall–Kier alpha value is -2.21. The maximum atomic E-state index is 11.3. The first-order valence-electron chi connectivity index (χ1n) is 7.35. The number of anilines is 1. The Bertz CT molecular complexity index is 680. The monoisotopic (exact) mass is 303 g/mol.